The minimum Gasteiger partial charge on any atom is -0.741 e. The van der Waals surface area contributed by atoms with Crippen molar-refractivity contribution < 1.29 is 78.4 Å². The van der Waals surface area contributed by atoms with Crippen LogP contribution in [0.3, 0.4) is 0 Å². The number of halogens is 9. The Morgan fingerprint density at radius 2 is 0.480 bits per heavy atom. The standard InChI is InChI=1S/3CHF3O3S.Ba/c3*2-1(3,4)8(5,6)7;/h3*(H,5,6,7);/q;;;+3/p-3. The van der Waals surface area contributed by atoms with E-state index < -0.39 is 46.9 Å². The van der Waals surface area contributed by atoms with Gasteiger partial charge in [0.2, 0.25) is 0 Å². The van der Waals surface area contributed by atoms with Gasteiger partial charge in [-0.25, -0.2) is 25.3 Å². The summed E-state index contributed by atoms with van der Waals surface area (Å²) in [7, 11) is -18.3. The van der Waals surface area contributed by atoms with Gasteiger partial charge in [0, 0.05) is 0 Å². The van der Waals surface area contributed by atoms with Crippen LogP contribution >= 0.6 is 0 Å². The van der Waals surface area contributed by atoms with E-state index in [0.29, 0.717) is 0 Å². The van der Waals surface area contributed by atoms with Gasteiger partial charge in [0.1, 0.15) is 0 Å². The summed E-state index contributed by atoms with van der Waals surface area (Å²) in [5.41, 5.74) is -16.9. The fourth-order valence-corrected chi connectivity index (χ4v) is 0. The molecule has 0 bridgehead atoms. The van der Waals surface area contributed by atoms with Crippen molar-refractivity contribution in [3.63, 3.8) is 0 Å². The molecule has 0 N–H and O–H groups in total. The van der Waals surface area contributed by atoms with Crippen LogP contribution in [-0.2, 0) is 30.4 Å². The van der Waals surface area contributed by atoms with Crippen molar-refractivity contribution in [1.29, 1.82) is 0 Å². The first kappa shape index (κ1) is 33.3. The monoisotopic (exact) mass is 585 g/mol. The fourth-order valence-electron chi connectivity index (χ4n) is 0. The summed E-state index contributed by atoms with van der Waals surface area (Å²) in [6, 6.07) is 0. The average Bonchev–Trinajstić information content (AvgIpc) is 2.08. The quantitative estimate of drug-likeness (QED) is 0.161. The van der Waals surface area contributed by atoms with Crippen molar-refractivity contribution in [1.82, 2.24) is 0 Å². The molecule has 0 amide bonds. The van der Waals surface area contributed by atoms with Crippen molar-refractivity contribution in [3.05, 3.63) is 0 Å². The summed E-state index contributed by atoms with van der Waals surface area (Å²) in [4.78, 5) is 0. The summed E-state index contributed by atoms with van der Waals surface area (Å²) in [5.74, 6) is 0. The van der Waals surface area contributed by atoms with Crippen molar-refractivity contribution in [2.24, 2.45) is 0 Å². The van der Waals surface area contributed by atoms with Crippen LogP contribution < -0.4 is 0 Å². The third-order valence-electron chi connectivity index (χ3n) is 0.850. The van der Waals surface area contributed by atoms with Gasteiger partial charge in [-0.2, -0.15) is 39.5 Å². The van der Waals surface area contributed by atoms with Gasteiger partial charge in [0.25, 0.3) is 0 Å². The predicted octanol–water partition coefficient (Wildman–Crippen LogP) is -0.227. The summed E-state index contributed by atoms with van der Waals surface area (Å²) < 4.78 is 177. The summed E-state index contributed by atoms with van der Waals surface area (Å²) in [6.07, 6.45) is 0. The Hall–Kier alpha value is 0.671. The molecule has 22 heteroatoms. The fraction of sp³-hybridized carbons (Fsp3) is 1.00. The van der Waals surface area contributed by atoms with Gasteiger partial charge in [0.15, 0.2) is 30.4 Å². The maximum Gasteiger partial charge on any atom is 3.00 e. The van der Waals surface area contributed by atoms with Crippen molar-refractivity contribution in [2.75, 3.05) is 0 Å². The van der Waals surface area contributed by atoms with Gasteiger partial charge in [-0.3, -0.25) is 0 Å². The van der Waals surface area contributed by atoms with Gasteiger partial charge >= 0.3 is 65.4 Å². The van der Waals surface area contributed by atoms with Gasteiger partial charge in [-0.15, -0.1) is 0 Å². The van der Waals surface area contributed by atoms with Crippen molar-refractivity contribution in [2.45, 2.75) is 16.5 Å². The van der Waals surface area contributed by atoms with Crippen LogP contribution in [0.25, 0.3) is 0 Å². The van der Waals surface area contributed by atoms with E-state index in [0.717, 1.165) is 0 Å². The molecule has 0 aliphatic carbocycles. The second kappa shape index (κ2) is 10.3. The first-order valence-electron chi connectivity index (χ1n) is 3.81. The van der Waals surface area contributed by atoms with Crippen LogP contribution in [0, 0.1) is 0 Å². The first-order valence-corrected chi connectivity index (χ1v) is 8.04. The molecule has 9 nitrogen and oxygen atoms in total. The molecule has 9 radical (unpaired) electrons. The van der Waals surface area contributed by atoms with E-state index in [4.69, 9.17) is 38.9 Å². The molecular formula is C3BaF9O9S3. The van der Waals surface area contributed by atoms with Crippen LogP contribution in [-0.4, -0.2) is 104 Å². The normalized spacial score (nSPS) is 13.4. The third-order valence-corrected chi connectivity index (χ3v) is 2.55. The molecule has 0 aromatic rings. The number of alkyl halides is 9. The molecule has 0 rings (SSSR count). The Balaban J connectivity index is -0.000000130. The number of hydrogen-bond donors (Lipinski definition) is 0. The van der Waals surface area contributed by atoms with Crippen molar-refractivity contribution >= 4 is 79.2 Å². The van der Waals surface area contributed by atoms with Gasteiger partial charge in [-0.1, -0.05) is 0 Å². The Morgan fingerprint density at radius 1 is 0.440 bits per heavy atom. The van der Waals surface area contributed by atoms with Crippen LogP contribution in [0.5, 0.6) is 0 Å². The van der Waals surface area contributed by atoms with E-state index in [1.54, 1.807) is 0 Å². The molecule has 0 saturated heterocycles. The molecule has 0 fully saturated rings. The molecule has 0 unspecified atom stereocenters. The molecule has 0 spiro atoms. The Morgan fingerprint density at radius 3 is 0.480 bits per heavy atom. The number of rotatable bonds is 0. The molecular weight excluding hydrogens is 585 g/mol. The summed E-state index contributed by atoms with van der Waals surface area (Å²) >= 11 is 0. The minimum absolute atomic E-state index is 0. The Kier molecular flexibility index (Phi) is 13.7. The van der Waals surface area contributed by atoms with Crippen LogP contribution in [0.15, 0.2) is 0 Å². The summed E-state index contributed by atoms with van der Waals surface area (Å²) in [5, 5.41) is 0. The second-order valence-corrected chi connectivity index (χ2v) is 6.81. The smallest absolute Gasteiger partial charge is 0.741 e. The Labute approximate surface area is 172 Å². The topological polar surface area (TPSA) is 172 Å². The molecule has 149 valence electrons. The van der Waals surface area contributed by atoms with E-state index in [1.165, 1.54) is 0 Å². The van der Waals surface area contributed by atoms with Gasteiger partial charge in [-0.05, 0) is 0 Å². The van der Waals surface area contributed by atoms with Gasteiger partial charge in [0.05, 0.1) is 0 Å². The molecule has 0 saturated carbocycles. The largest absolute Gasteiger partial charge is 3.00 e. The zero-order chi connectivity index (χ0) is 21.0. The summed E-state index contributed by atoms with van der Waals surface area (Å²) in [6.45, 7) is 0. The van der Waals surface area contributed by atoms with E-state index in [-0.39, 0.29) is 48.9 Å². The average molecular weight is 585 g/mol. The maximum absolute atomic E-state index is 10.7. The maximum atomic E-state index is 10.7. The minimum atomic E-state index is -6.09. The molecule has 0 aromatic heterocycles. The second-order valence-electron chi connectivity index (χ2n) is 2.70. The zero-order valence-electron chi connectivity index (χ0n) is 10.5. The van der Waals surface area contributed by atoms with Crippen molar-refractivity contribution in [3.8, 4) is 0 Å². The predicted molar refractivity (Wildman–Crippen MR) is 53.0 cm³/mol. The molecule has 0 atom stereocenters. The van der Waals surface area contributed by atoms with E-state index in [1.807, 2.05) is 0 Å². The molecule has 0 heterocycles. The zero-order valence-corrected chi connectivity index (χ0v) is 17.4. The number of hydrogen-bond acceptors (Lipinski definition) is 9. The molecule has 0 aromatic carbocycles. The van der Waals surface area contributed by atoms with Gasteiger partial charge < -0.3 is 13.7 Å². The van der Waals surface area contributed by atoms with Crippen LogP contribution in [0.4, 0.5) is 39.5 Å². The molecule has 0 aliphatic heterocycles. The Bertz CT molecular complexity index is 596. The SMILES string of the molecule is O=S(=O)([O-])C(F)(F)F.O=S(=O)([O-])C(F)(F)F.O=S(=O)([O-])C(F)(F)F.[Ba+3]. The van der Waals surface area contributed by atoms with E-state index in [2.05, 4.69) is 0 Å². The first-order chi connectivity index (χ1) is 9.75. The van der Waals surface area contributed by atoms with E-state index in [9.17, 15) is 39.5 Å². The molecule has 25 heavy (non-hydrogen) atoms. The third kappa shape index (κ3) is 16.6. The molecule has 0 aliphatic rings. The van der Waals surface area contributed by atoms with Crippen LogP contribution in [0.1, 0.15) is 0 Å². The van der Waals surface area contributed by atoms with Crippen LogP contribution in [0.2, 0.25) is 0 Å². The van der Waals surface area contributed by atoms with E-state index >= 15 is 0 Å².